The van der Waals surface area contributed by atoms with Gasteiger partial charge in [0.05, 0.1) is 5.57 Å². The van der Waals surface area contributed by atoms with Crippen LogP contribution in [0, 0.1) is 0 Å². The average molecular weight is 305 g/mol. The van der Waals surface area contributed by atoms with Gasteiger partial charge in [0, 0.05) is 5.56 Å². The summed E-state index contributed by atoms with van der Waals surface area (Å²) in [4.78, 5) is 16.8. The van der Waals surface area contributed by atoms with E-state index in [1.165, 1.54) is 0 Å². The van der Waals surface area contributed by atoms with E-state index in [1.54, 1.807) is 12.2 Å². The molecule has 4 nitrogen and oxygen atoms in total. The molecular weight excluding hydrogens is 290 g/mol. The number of oxime groups is 1. The molecule has 0 saturated carbocycles. The molecule has 0 fully saturated rings. The predicted molar refractivity (Wildman–Crippen MR) is 89.2 cm³/mol. The summed E-state index contributed by atoms with van der Waals surface area (Å²) in [5.74, 6) is 0.300. The van der Waals surface area contributed by atoms with Crippen LogP contribution in [0.3, 0.4) is 0 Å². The molecular formula is C19H15NO3. The van der Waals surface area contributed by atoms with Crippen LogP contribution >= 0.6 is 0 Å². The lowest BCUT2D eigenvalue weighted by Gasteiger charge is -2.04. The lowest BCUT2D eigenvalue weighted by atomic mass is 10.0. The van der Waals surface area contributed by atoms with E-state index in [2.05, 4.69) is 11.7 Å². The largest absolute Gasteiger partial charge is 0.490 e. The molecule has 114 valence electrons. The smallest absolute Gasteiger partial charge is 0.368 e. The molecule has 2 aromatic carbocycles. The highest BCUT2D eigenvalue weighted by Gasteiger charge is 2.26. The summed E-state index contributed by atoms with van der Waals surface area (Å²) < 4.78 is 5.44. The van der Waals surface area contributed by atoms with Crippen molar-refractivity contribution >= 4 is 17.8 Å². The fraction of sp³-hybridized carbons (Fsp3) is 0.0526. The first kappa shape index (κ1) is 14.8. The number of benzene rings is 2. The number of carbonyl (C=O) groups excluding carboxylic acids is 1. The van der Waals surface area contributed by atoms with Crippen molar-refractivity contribution in [3.63, 3.8) is 0 Å². The third-order valence-corrected chi connectivity index (χ3v) is 3.30. The minimum atomic E-state index is -0.448. The van der Waals surface area contributed by atoms with Gasteiger partial charge in [0.25, 0.3) is 0 Å². The van der Waals surface area contributed by atoms with Gasteiger partial charge in [0.1, 0.15) is 18.1 Å². The molecule has 0 unspecified atom stereocenters. The maximum absolute atomic E-state index is 11.9. The first-order valence-corrected chi connectivity index (χ1v) is 7.18. The highest BCUT2D eigenvalue weighted by molar-refractivity contribution is 6.31. The fourth-order valence-electron chi connectivity index (χ4n) is 2.20. The molecule has 1 aliphatic heterocycles. The summed E-state index contributed by atoms with van der Waals surface area (Å²) >= 11 is 0. The van der Waals surface area contributed by atoms with Crippen molar-refractivity contribution in [2.75, 3.05) is 6.61 Å². The number of hydrogen-bond donors (Lipinski definition) is 0. The monoisotopic (exact) mass is 305 g/mol. The Kier molecular flexibility index (Phi) is 4.34. The van der Waals surface area contributed by atoms with Crippen LogP contribution in [0.2, 0.25) is 0 Å². The van der Waals surface area contributed by atoms with Gasteiger partial charge in [-0.1, -0.05) is 60.3 Å². The van der Waals surface area contributed by atoms with E-state index in [9.17, 15) is 4.79 Å². The Hall–Kier alpha value is -3.14. The van der Waals surface area contributed by atoms with Crippen molar-refractivity contribution in [2.45, 2.75) is 0 Å². The molecule has 0 bridgehead atoms. The highest BCUT2D eigenvalue weighted by atomic mass is 16.7. The van der Waals surface area contributed by atoms with Crippen molar-refractivity contribution < 1.29 is 14.4 Å². The zero-order chi connectivity index (χ0) is 16.1. The summed E-state index contributed by atoms with van der Waals surface area (Å²) in [5.41, 5.74) is 2.70. The van der Waals surface area contributed by atoms with E-state index in [0.29, 0.717) is 17.9 Å². The summed E-state index contributed by atoms with van der Waals surface area (Å²) in [6, 6.07) is 16.9. The quantitative estimate of drug-likeness (QED) is 0.482. The molecule has 3 rings (SSSR count). The van der Waals surface area contributed by atoms with E-state index in [1.807, 2.05) is 54.6 Å². The SMILES string of the molecule is C=CCOc1ccc(/C=C2\C(=O)ON=C2c2ccccc2)cc1. The zero-order valence-corrected chi connectivity index (χ0v) is 12.4. The van der Waals surface area contributed by atoms with Gasteiger partial charge < -0.3 is 9.57 Å². The minimum Gasteiger partial charge on any atom is -0.490 e. The number of carbonyl (C=O) groups is 1. The van der Waals surface area contributed by atoms with Crippen LogP contribution in [0.5, 0.6) is 5.75 Å². The average Bonchev–Trinajstić information content (AvgIpc) is 2.96. The van der Waals surface area contributed by atoms with Crippen molar-refractivity contribution in [2.24, 2.45) is 5.16 Å². The molecule has 23 heavy (non-hydrogen) atoms. The van der Waals surface area contributed by atoms with Crippen molar-refractivity contribution in [1.29, 1.82) is 0 Å². The second-order valence-corrected chi connectivity index (χ2v) is 4.91. The molecule has 0 spiro atoms. The van der Waals surface area contributed by atoms with E-state index >= 15 is 0 Å². The molecule has 1 aliphatic rings. The van der Waals surface area contributed by atoms with Crippen LogP contribution in [-0.4, -0.2) is 18.3 Å². The second kappa shape index (κ2) is 6.75. The van der Waals surface area contributed by atoms with Crippen molar-refractivity contribution in [1.82, 2.24) is 0 Å². The molecule has 2 aromatic rings. The third kappa shape index (κ3) is 3.37. The first-order chi connectivity index (χ1) is 11.3. The van der Waals surface area contributed by atoms with Gasteiger partial charge in [0.2, 0.25) is 0 Å². The Bertz CT molecular complexity index is 774. The lowest BCUT2D eigenvalue weighted by molar-refractivity contribution is -0.136. The maximum atomic E-state index is 11.9. The van der Waals surface area contributed by atoms with Gasteiger partial charge in [-0.3, -0.25) is 0 Å². The van der Waals surface area contributed by atoms with E-state index < -0.39 is 5.97 Å². The van der Waals surface area contributed by atoms with Gasteiger partial charge in [-0.2, -0.15) is 0 Å². The molecule has 0 aliphatic carbocycles. The van der Waals surface area contributed by atoms with E-state index in [4.69, 9.17) is 9.57 Å². The Morgan fingerprint density at radius 3 is 2.52 bits per heavy atom. The minimum absolute atomic E-state index is 0.441. The van der Waals surface area contributed by atoms with Gasteiger partial charge >= 0.3 is 5.97 Å². The van der Waals surface area contributed by atoms with E-state index in [-0.39, 0.29) is 0 Å². The van der Waals surface area contributed by atoms with Gasteiger partial charge in [0.15, 0.2) is 0 Å². The van der Waals surface area contributed by atoms with Crippen LogP contribution in [-0.2, 0) is 9.63 Å². The van der Waals surface area contributed by atoms with Crippen LogP contribution in [0.25, 0.3) is 6.08 Å². The number of rotatable bonds is 5. The normalized spacial score (nSPS) is 15.2. The molecule has 0 radical (unpaired) electrons. The van der Waals surface area contributed by atoms with Crippen molar-refractivity contribution in [3.8, 4) is 5.75 Å². The fourth-order valence-corrected chi connectivity index (χ4v) is 2.20. The summed E-state index contributed by atoms with van der Waals surface area (Å²) in [7, 11) is 0. The van der Waals surface area contributed by atoms with Gasteiger partial charge in [-0.15, -0.1) is 0 Å². The highest BCUT2D eigenvalue weighted by Crippen LogP contribution is 2.21. The summed E-state index contributed by atoms with van der Waals surface area (Å²) in [6.07, 6.45) is 3.45. The number of nitrogens with zero attached hydrogens (tertiary/aromatic N) is 1. The molecule has 0 N–H and O–H groups in total. The summed E-state index contributed by atoms with van der Waals surface area (Å²) in [5, 5.41) is 3.89. The van der Waals surface area contributed by atoms with Gasteiger partial charge in [-0.25, -0.2) is 4.79 Å². The molecule has 0 atom stereocenters. The van der Waals surface area contributed by atoms with Crippen LogP contribution in [0.4, 0.5) is 0 Å². The Labute approximate surface area is 134 Å². The Morgan fingerprint density at radius 2 is 1.83 bits per heavy atom. The van der Waals surface area contributed by atoms with E-state index in [0.717, 1.165) is 16.9 Å². The third-order valence-electron chi connectivity index (χ3n) is 3.30. The number of hydrogen-bond acceptors (Lipinski definition) is 4. The maximum Gasteiger partial charge on any atom is 0.368 e. The predicted octanol–water partition coefficient (Wildman–Crippen LogP) is 3.60. The van der Waals surface area contributed by atoms with Gasteiger partial charge in [-0.05, 0) is 23.8 Å². The Balaban J connectivity index is 1.86. The molecule has 0 amide bonds. The van der Waals surface area contributed by atoms with Crippen LogP contribution in [0.1, 0.15) is 11.1 Å². The van der Waals surface area contributed by atoms with Crippen LogP contribution < -0.4 is 4.74 Å². The topological polar surface area (TPSA) is 47.9 Å². The number of ether oxygens (including phenoxy) is 1. The zero-order valence-electron chi connectivity index (χ0n) is 12.4. The van der Waals surface area contributed by atoms with Crippen LogP contribution in [0.15, 0.2) is 78.0 Å². The molecule has 0 saturated heterocycles. The molecule has 0 aromatic heterocycles. The first-order valence-electron chi connectivity index (χ1n) is 7.18. The summed E-state index contributed by atoms with van der Waals surface area (Å²) in [6.45, 7) is 4.06. The molecule has 1 heterocycles. The second-order valence-electron chi connectivity index (χ2n) is 4.91. The van der Waals surface area contributed by atoms with Crippen molar-refractivity contribution in [3.05, 3.63) is 84.0 Å². The lowest BCUT2D eigenvalue weighted by Crippen LogP contribution is -2.06. The Morgan fingerprint density at radius 1 is 1.09 bits per heavy atom. The standard InChI is InChI=1S/C19H15NO3/c1-2-12-22-16-10-8-14(9-11-16)13-17-18(20-23-19(17)21)15-6-4-3-5-7-15/h2-11,13H,1,12H2/b17-13-. The molecule has 4 heteroatoms.